The van der Waals surface area contributed by atoms with Crippen LogP contribution >= 0.6 is 12.2 Å². The molecule has 0 spiro atoms. The number of furan rings is 1. The topological polar surface area (TPSA) is 68.3 Å². The van der Waals surface area contributed by atoms with E-state index in [4.69, 9.17) is 22.4 Å². The minimum absolute atomic E-state index is 0.0242. The summed E-state index contributed by atoms with van der Waals surface area (Å²) in [7, 11) is 0. The van der Waals surface area contributed by atoms with Crippen molar-refractivity contribution in [2.75, 3.05) is 0 Å². The summed E-state index contributed by atoms with van der Waals surface area (Å²) in [6.45, 7) is 5.59. The number of hydrogen-bond donors (Lipinski definition) is 2. The van der Waals surface area contributed by atoms with Gasteiger partial charge in [0.1, 0.15) is 5.76 Å². The molecule has 5 heteroatoms. The summed E-state index contributed by atoms with van der Waals surface area (Å²) >= 11 is 4.97. The number of amides is 1. The molecule has 0 aliphatic heterocycles. The summed E-state index contributed by atoms with van der Waals surface area (Å²) in [5.41, 5.74) is 4.86. The molecule has 0 radical (unpaired) electrons. The lowest BCUT2D eigenvalue weighted by atomic mass is 9.86. The molecule has 18 heavy (non-hydrogen) atoms. The van der Waals surface area contributed by atoms with Crippen LogP contribution in [0.1, 0.15) is 33.0 Å². The van der Waals surface area contributed by atoms with Gasteiger partial charge in [-0.3, -0.25) is 4.79 Å². The van der Waals surface area contributed by atoms with Crippen molar-refractivity contribution in [1.29, 1.82) is 0 Å². The Bertz CT molecular complexity index is 417. The number of carbonyl (C=O) groups excluding carboxylic acids is 1. The molecule has 0 aromatic carbocycles. The smallest absolute Gasteiger partial charge is 0.232 e. The SMILES string of the molecule is CCC(C)(C(=O)NC(C)Cc1ccco1)C(N)=S. The van der Waals surface area contributed by atoms with Gasteiger partial charge in [0.05, 0.1) is 16.7 Å². The van der Waals surface area contributed by atoms with E-state index in [1.54, 1.807) is 13.2 Å². The van der Waals surface area contributed by atoms with E-state index in [9.17, 15) is 4.79 Å². The molecule has 1 heterocycles. The summed E-state index contributed by atoms with van der Waals surface area (Å²) in [4.78, 5) is 12.4. The Morgan fingerprint density at radius 1 is 1.67 bits per heavy atom. The average molecular weight is 268 g/mol. The molecule has 1 aromatic rings. The van der Waals surface area contributed by atoms with E-state index in [0.717, 1.165) is 5.76 Å². The standard InChI is InChI=1S/C13H20N2O2S/c1-4-13(3,11(14)18)12(16)15-9(2)8-10-6-5-7-17-10/h5-7,9H,4,8H2,1-3H3,(H2,14,18)(H,15,16). The first-order valence-electron chi connectivity index (χ1n) is 6.03. The Morgan fingerprint density at radius 3 is 2.78 bits per heavy atom. The number of rotatable bonds is 6. The maximum Gasteiger partial charge on any atom is 0.232 e. The maximum atomic E-state index is 12.2. The van der Waals surface area contributed by atoms with Gasteiger partial charge in [0.2, 0.25) is 5.91 Å². The Kier molecular flexibility index (Phi) is 4.90. The quantitative estimate of drug-likeness (QED) is 0.775. The van der Waals surface area contributed by atoms with E-state index >= 15 is 0 Å². The van der Waals surface area contributed by atoms with Gasteiger partial charge in [-0.1, -0.05) is 19.1 Å². The van der Waals surface area contributed by atoms with Crippen LogP contribution in [0.5, 0.6) is 0 Å². The van der Waals surface area contributed by atoms with Gasteiger partial charge in [0.15, 0.2) is 0 Å². The monoisotopic (exact) mass is 268 g/mol. The van der Waals surface area contributed by atoms with Gasteiger partial charge in [-0.25, -0.2) is 0 Å². The predicted molar refractivity (Wildman–Crippen MR) is 75.2 cm³/mol. The molecule has 0 aliphatic carbocycles. The van der Waals surface area contributed by atoms with Crippen LogP contribution in [0, 0.1) is 5.41 Å². The van der Waals surface area contributed by atoms with E-state index in [1.165, 1.54) is 0 Å². The Labute approximate surface area is 113 Å². The van der Waals surface area contributed by atoms with Crippen molar-refractivity contribution in [3.63, 3.8) is 0 Å². The number of nitrogens with one attached hydrogen (secondary N) is 1. The summed E-state index contributed by atoms with van der Waals surface area (Å²) in [5, 5.41) is 2.92. The Balaban J connectivity index is 2.61. The molecule has 4 nitrogen and oxygen atoms in total. The van der Waals surface area contributed by atoms with Gasteiger partial charge in [-0.2, -0.15) is 0 Å². The molecule has 0 fully saturated rings. The highest BCUT2D eigenvalue weighted by molar-refractivity contribution is 7.80. The molecule has 1 rings (SSSR count). The van der Waals surface area contributed by atoms with Crippen molar-refractivity contribution >= 4 is 23.1 Å². The zero-order valence-corrected chi connectivity index (χ0v) is 11.8. The summed E-state index contributed by atoms with van der Waals surface area (Å²) in [5.74, 6) is 0.716. The third-order valence-electron chi connectivity index (χ3n) is 3.22. The number of hydrogen-bond acceptors (Lipinski definition) is 3. The van der Waals surface area contributed by atoms with Crippen LogP contribution < -0.4 is 11.1 Å². The van der Waals surface area contributed by atoms with Crippen LogP contribution in [0.4, 0.5) is 0 Å². The maximum absolute atomic E-state index is 12.2. The van der Waals surface area contributed by atoms with Gasteiger partial charge in [0, 0.05) is 12.5 Å². The van der Waals surface area contributed by atoms with Crippen molar-refractivity contribution in [2.45, 2.75) is 39.7 Å². The van der Waals surface area contributed by atoms with Crippen LogP contribution in [0.2, 0.25) is 0 Å². The molecule has 0 saturated carbocycles. The van der Waals surface area contributed by atoms with E-state index in [1.807, 2.05) is 26.0 Å². The van der Waals surface area contributed by atoms with Crippen LogP contribution in [0.25, 0.3) is 0 Å². The van der Waals surface area contributed by atoms with Crippen LogP contribution in [-0.2, 0) is 11.2 Å². The van der Waals surface area contributed by atoms with E-state index in [2.05, 4.69) is 5.32 Å². The van der Waals surface area contributed by atoms with Gasteiger partial charge >= 0.3 is 0 Å². The van der Waals surface area contributed by atoms with Gasteiger partial charge in [-0.15, -0.1) is 0 Å². The molecular formula is C13H20N2O2S. The Hall–Kier alpha value is -1.36. The molecule has 1 aromatic heterocycles. The second-order valence-electron chi connectivity index (χ2n) is 4.71. The minimum atomic E-state index is -0.785. The fourth-order valence-corrected chi connectivity index (χ4v) is 1.85. The first-order chi connectivity index (χ1) is 8.40. The van der Waals surface area contributed by atoms with Crippen molar-refractivity contribution in [3.8, 4) is 0 Å². The highest BCUT2D eigenvalue weighted by Gasteiger charge is 2.35. The lowest BCUT2D eigenvalue weighted by Crippen LogP contribution is -2.49. The summed E-state index contributed by atoms with van der Waals surface area (Å²) in [6, 6.07) is 3.69. The lowest BCUT2D eigenvalue weighted by Gasteiger charge is -2.27. The Morgan fingerprint density at radius 2 is 2.33 bits per heavy atom. The van der Waals surface area contributed by atoms with Crippen molar-refractivity contribution in [3.05, 3.63) is 24.2 Å². The van der Waals surface area contributed by atoms with Crippen LogP contribution in [-0.4, -0.2) is 16.9 Å². The number of nitrogens with two attached hydrogens (primary N) is 1. The lowest BCUT2D eigenvalue weighted by molar-refractivity contribution is -0.127. The molecule has 3 N–H and O–H groups in total. The largest absolute Gasteiger partial charge is 0.469 e. The van der Waals surface area contributed by atoms with Gasteiger partial charge in [-0.05, 0) is 32.4 Å². The predicted octanol–water partition coefficient (Wildman–Crippen LogP) is 2.03. The average Bonchev–Trinajstić information content (AvgIpc) is 2.79. The molecule has 2 atom stereocenters. The second kappa shape index (κ2) is 6.00. The summed E-state index contributed by atoms with van der Waals surface area (Å²) < 4.78 is 5.24. The fraction of sp³-hybridized carbons (Fsp3) is 0.538. The third-order valence-corrected chi connectivity index (χ3v) is 3.67. The van der Waals surface area contributed by atoms with Crippen molar-refractivity contribution in [2.24, 2.45) is 11.1 Å². The zero-order valence-electron chi connectivity index (χ0n) is 11.0. The zero-order chi connectivity index (χ0) is 13.8. The summed E-state index contributed by atoms with van der Waals surface area (Å²) in [6.07, 6.45) is 2.85. The second-order valence-corrected chi connectivity index (χ2v) is 5.15. The number of thiocarbonyl (C=S) groups is 1. The van der Waals surface area contributed by atoms with E-state index < -0.39 is 5.41 Å². The number of carbonyl (C=O) groups is 1. The highest BCUT2D eigenvalue weighted by Crippen LogP contribution is 2.22. The molecule has 0 saturated heterocycles. The van der Waals surface area contributed by atoms with Crippen molar-refractivity contribution in [1.82, 2.24) is 5.32 Å². The van der Waals surface area contributed by atoms with E-state index in [0.29, 0.717) is 12.8 Å². The first-order valence-corrected chi connectivity index (χ1v) is 6.44. The highest BCUT2D eigenvalue weighted by atomic mass is 32.1. The van der Waals surface area contributed by atoms with Crippen LogP contribution in [0.15, 0.2) is 22.8 Å². The molecule has 2 unspecified atom stereocenters. The van der Waals surface area contributed by atoms with Gasteiger partial charge < -0.3 is 15.5 Å². The molecule has 0 aliphatic rings. The molecular weight excluding hydrogens is 248 g/mol. The van der Waals surface area contributed by atoms with Crippen molar-refractivity contribution < 1.29 is 9.21 Å². The third kappa shape index (κ3) is 3.32. The molecule has 100 valence electrons. The fourth-order valence-electron chi connectivity index (χ4n) is 1.61. The van der Waals surface area contributed by atoms with E-state index in [-0.39, 0.29) is 16.9 Å². The molecule has 1 amide bonds. The minimum Gasteiger partial charge on any atom is -0.469 e. The van der Waals surface area contributed by atoms with Crippen LogP contribution in [0.3, 0.4) is 0 Å². The normalized spacial score (nSPS) is 15.7. The van der Waals surface area contributed by atoms with Gasteiger partial charge in [0.25, 0.3) is 0 Å². The molecule has 0 bridgehead atoms. The first kappa shape index (κ1) is 14.7.